The van der Waals surface area contributed by atoms with E-state index in [-0.39, 0.29) is 5.75 Å². The monoisotopic (exact) mass is 301 g/mol. The van der Waals surface area contributed by atoms with Gasteiger partial charge in [-0.15, -0.1) is 0 Å². The Morgan fingerprint density at radius 1 is 1.14 bits per heavy atom. The molecule has 0 saturated heterocycles. The Kier molecular flexibility index (Phi) is 3.76. The highest BCUT2D eigenvalue weighted by molar-refractivity contribution is 6.31. The first-order valence-electron chi connectivity index (χ1n) is 6.86. The summed E-state index contributed by atoms with van der Waals surface area (Å²) in [4.78, 5) is 0. The normalized spacial score (nSPS) is 11.0. The van der Waals surface area contributed by atoms with Crippen LogP contribution < -0.4 is 4.74 Å². The number of aromatic hydroxyl groups is 1. The number of rotatable bonds is 4. The van der Waals surface area contributed by atoms with Gasteiger partial charge in [-0.2, -0.15) is 0 Å². The Morgan fingerprint density at radius 2 is 1.90 bits per heavy atom. The lowest BCUT2D eigenvalue weighted by Crippen LogP contribution is -1.94. The van der Waals surface area contributed by atoms with Gasteiger partial charge < -0.3 is 14.4 Å². The molecule has 4 heteroatoms. The van der Waals surface area contributed by atoms with Crippen LogP contribution in [0.1, 0.15) is 12.5 Å². The first kappa shape index (κ1) is 13.8. The molecule has 0 amide bonds. The number of hydrogen-bond acceptors (Lipinski definition) is 2. The maximum Gasteiger partial charge on any atom is 0.120 e. The zero-order chi connectivity index (χ0) is 14.8. The molecule has 0 spiro atoms. The number of halogens is 1. The SMILES string of the molecule is CCn1cc(COc2ccc(O)cc2)c2cc(Cl)ccc21. The molecular formula is C17H16ClNO2. The molecule has 2 aromatic carbocycles. The summed E-state index contributed by atoms with van der Waals surface area (Å²) in [5, 5.41) is 11.1. The lowest BCUT2D eigenvalue weighted by molar-refractivity contribution is 0.307. The molecule has 1 aromatic heterocycles. The van der Waals surface area contributed by atoms with Crippen molar-refractivity contribution in [3.63, 3.8) is 0 Å². The second kappa shape index (κ2) is 5.70. The lowest BCUT2D eigenvalue weighted by Gasteiger charge is -2.05. The molecule has 0 aliphatic carbocycles. The van der Waals surface area contributed by atoms with Gasteiger partial charge in [0.25, 0.3) is 0 Å². The molecule has 0 radical (unpaired) electrons. The van der Waals surface area contributed by atoms with Crippen LogP contribution in [0.5, 0.6) is 11.5 Å². The fourth-order valence-electron chi connectivity index (χ4n) is 2.42. The number of fused-ring (bicyclic) bond motifs is 1. The number of phenolic OH excluding ortho intramolecular Hbond substituents is 1. The van der Waals surface area contributed by atoms with Crippen LogP contribution in [-0.2, 0) is 13.2 Å². The van der Waals surface area contributed by atoms with Gasteiger partial charge >= 0.3 is 0 Å². The fraction of sp³-hybridized carbons (Fsp3) is 0.176. The molecule has 0 aliphatic heterocycles. The number of ether oxygens (including phenoxy) is 1. The number of phenols is 1. The van der Waals surface area contributed by atoms with Crippen molar-refractivity contribution < 1.29 is 9.84 Å². The van der Waals surface area contributed by atoms with Crippen molar-refractivity contribution in [2.24, 2.45) is 0 Å². The summed E-state index contributed by atoms with van der Waals surface area (Å²) in [7, 11) is 0. The summed E-state index contributed by atoms with van der Waals surface area (Å²) in [6, 6.07) is 12.6. The van der Waals surface area contributed by atoms with Crippen LogP contribution in [0.4, 0.5) is 0 Å². The maximum absolute atomic E-state index is 9.28. The molecule has 0 saturated carbocycles. The summed E-state index contributed by atoms with van der Waals surface area (Å²) in [5.41, 5.74) is 2.26. The Morgan fingerprint density at radius 3 is 2.62 bits per heavy atom. The summed E-state index contributed by atoms with van der Waals surface area (Å²) < 4.78 is 7.97. The molecule has 0 bridgehead atoms. The minimum Gasteiger partial charge on any atom is -0.508 e. The molecule has 21 heavy (non-hydrogen) atoms. The van der Waals surface area contributed by atoms with E-state index in [1.54, 1.807) is 24.3 Å². The highest BCUT2D eigenvalue weighted by Gasteiger charge is 2.09. The third kappa shape index (κ3) is 2.83. The van der Waals surface area contributed by atoms with Crippen molar-refractivity contribution in [3.05, 3.63) is 59.2 Å². The zero-order valence-corrected chi connectivity index (χ0v) is 12.5. The summed E-state index contributed by atoms with van der Waals surface area (Å²) in [6.45, 7) is 3.48. The molecule has 108 valence electrons. The number of aromatic nitrogens is 1. The highest BCUT2D eigenvalue weighted by atomic mass is 35.5. The number of hydrogen-bond donors (Lipinski definition) is 1. The largest absolute Gasteiger partial charge is 0.508 e. The van der Waals surface area contributed by atoms with Crippen LogP contribution in [0.25, 0.3) is 10.9 Å². The Balaban J connectivity index is 1.89. The van der Waals surface area contributed by atoms with Crippen molar-refractivity contribution in [2.75, 3.05) is 0 Å². The van der Waals surface area contributed by atoms with Crippen molar-refractivity contribution in [2.45, 2.75) is 20.1 Å². The van der Waals surface area contributed by atoms with E-state index in [4.69, 9.17) is 16.3 Å². The van der Waals surface area contributed by atoms with Crippen LogP contribution in [0.2, 0.25) is 5.02 Å². The van der Waals surface area contributed by atoms with Crippen LogP contribution in [0.15, 0.2) is 48.7 Å². The quantitative estimate of drug-likeness (QED) is 0.764. The van der Waals surface area contributed by atoms with E-state index in [0.717, 1.165) is 33.8 Å². The van der Waals surface area contributed by atoms with E-state index in [0.29, 0.717) is 6.61 Å². The van der Waals surface area contributed by atoms with Gasteiger partial charge in [0, 0.05) is 34.2 Å². The number of benzene rings is 2. The predicted octanol–water partition coefficient (Wildman–Crippen LogP) is 4.60. The van der Waals surface area contributed by atoms with Crippen molar-refractivity contribution in [3.8, 4) is 11.5 Å². The van der Waals surface area contributed by atoms with Crippen LogP contribution >= 0.6 is 11.6 Å². The Labute approximate surface area is 128 Å². The molecule has 0 fully saturated rings. The van der Waals surface area contributed by atoms with E-state index < -0.39 is 0 Å². The number of nitrogens with zero attached hydrogens (tertiary/aromatic N) is 1. The summed E-state index contributed by atoms with van der Waals surface area (Å²) >= 11 is 6.10. The lowest BCUT2D eigenvalue weighted by atomic mass is 10.2. The smallest absolute Gasteiger partial charge is 0.120 e. The molecule has 0 aliphatic rings. The second-order valence-electron chi connectivity index (χ2n) is 4.88. The van der Waals surface area contributed by atoms with Crippen LogP contribution in [-0.4, -0.2) is 9.67 Å². The van der Waals surface area contributed by atoms with E-state index in [1.165, 1.54) is 0 Å². The first-order valence-corrected chi connectivity index (χ1v) is 7.24. The second-order valence-corrected chi connectivity index (χ2v) is 5.32. The standard InChI is InChI=1S/C17H16ClNO2/c1-2-19-10-12(16-9-13(18)3-8-17(16)19)11-21-15-6-4-14(20)5-7-15/h3-10,20H,2,11H2,1H3. The first-order chi connectivity index (χ1) is 10.2. The van der Waals surface area contributed by atoms with Gasteiger partial charge in [0.1, 0.15) is 18.1 Å². The van der Waals surface area contributed by atoms with Gasteiger partial charge in [-0.1, -0.05) is 11.6 Å². The molecule has 0 unspecified atom stereocenters. The fourth-order valence-corrected chi connectivity index (χ4v) is 2.60. The topological polar surface area (TPSA) is 34.4 Å². The molecule has 0 atom stereocenters. The minimum atomic E-state index is 0.233. The highest BCUT2D eigenvalue weighted by Crippen LogP contribution is 2.26. The van der Waals surface area contributed by atoms with Crippen molar-refractivity contribution in [1.82, 2.24) is 4.57 Å². The molecule has 3 nitrogen and oxygen atoms in total. The Hall–Kier alpha value is -2.13. The van der Waals surface area contributed by atoms with Gasteiger partial charge in [0.15, 0.2) is 0 Å². The number of aryl methyl sites for hydroxylation is 1. The van der Waals surface area contributed by atoms with Crippen LogP contribution in [0.3, 0.4) is 0 Å². The van der Waals surface area contributed by atoms with Gasteiger partial charge in [-0.05, 0) is 49.4 Å². The third-order valence-corrected chi connectivity index (χ3v) is 3.73. The zero-order valence-electron chi connectivity index (χ0n) is 11.7. The third-order valence-electron chi connectivity index (χ3n) is 3.50. The van der Waals surface area contributed by atoms with Crippen LogP contribution in [0, 0.1) is 0 Å². The maximum atomic E-state index is 9.28. The van der Waals surface area contributed by atoms with E-state index in [9.17, 15) is 5.11 Å². The molecule has 3 aromatic rings. The molecular weight excluding hydrogens is 286 g/mol. The summed E-state index contributed by atoms with van der Waals surface area (Å²) in [5.74, 6) is 0.962. The van der Waals surface area contributed by atoms with Gasteiger partial charge in [0.2, 0.25) is 0 Å². The van der Waals surface area contributed by atoms with Gasteiger partial charge in [0.05, 0.1) is 0 Å². The molecule has 1 N–H and O–H groups in total. The minimum absolute atomic E-state index is 0.233. The molecule has 1 heterocycles. The van der Waals surface area contributed by atoms with Crippen molar-refractivity contribution in [1.29, 1.82) is 0 Å². The average molecular weight is 302 g/mol. The molecule has 3 rings (SSSR count). The Bertz CT molecular complexity index is 762. The van der Waals surface area contributed by atoms with E-state index in [2.05, 4.69) is 17.7 Å². The van der Waals surface area contributed by atoms with E-state index in [1.807, 2.05) is 18.2 Å². The van der Waals surface area contributed by atoms with Gasteiger partial charge in [-0.25, -0.2) is 0 Å². The van der Waals surface area contributed by atoms with Gasteiger partial charge in [-0.3, -0.25) is 0 Å². The van der Waals surface area contributed by atoms with E-state index >= 15 is 0 Å². The van der Waals surface area contributed by atoms with Crippen molar-refractivity contribution >= 4 is 22.5 Å². The average Bonchev–Trinajstić information content (AvgIpc) is 2.84. The summed E-state index contributed by atoms with van der Waals surface area (Å²) in [6.07, 6.45) is 2.10. The predicted molar refractivity (Wildman–Crippen MR) is 85.1 cm³/mol.